The molecule has 3 heterocycles. The van der Waals surface area contributed by atoms with Crippen molar-refractivity contribution in [2.75, 3.05) is 6.54 Å². The first-order valence-electron chi connectivity index (χ1n) is 7.57. The lowest BCUT2D eigenvalue weighted by Gasteiger charge is -2.28. The maximum absolute atomic E-state index is 12.5. The Kier molecular flexibility index (Phi) is 3.94. The lowest BCUT2D eigenvalue weighted by Crippen LogP contribution is -2.47. The van der Waals surface area contributed by atoms with E-state index < -0.39 is 0 Å². The van der Waals surface area contributed by atoms with E-state index in [1.165, 1.54) is 10.6 Å². The Morgan fingerprint density at radius 2 is 2.27 bits per heavy atom. The van der Waals surface area contributed by atoms with Crippen molar-refractivity contribution in [2.45, 2.75) is 38.8 Å². The molecule has 2 unspecified atom stereocenters. The third kappa shape index (κ3) is 2.87. The number of piperidine rings is 1. The Morgan fingerprint density at radius 3 is 3.05 bits per heavy atom. The quantitative estimate of drug-likeness (QED) is 0.863. The average molecular weight is 300 g/mol. The number of amides is 1. The first-order valence-corrected chi connectivity index (χ1v) is 7.57. The molecule has 1 aliphatic rings. The molecular formula is C16H20N4O2. The highest BCUT2D eigenvalue weighted by molar-refractivity contribution is 5.93. The third-order valence-corrected chi connectivity index (χ3v) is 4.05. The summed E-state index contributed by atoms with van der Waals surface area (Å²) >= 11 is 0. The zero-order valence-corrected chi connectivity index (χ0v) is 12.8. The average Bonchev–Trinajstić information content (AvgIpc) is 2.48. The van der Waals surface area contributed by atoms with Gasteiger partial charge in [0.15, 0.2) is 0 Å². The number of hydrogen-bond donors (Lipinski definition) is 2. The molecule has 0 aliphatic carbocycles. The molecule has 0 spiro atoms. The Labute approximate surface area is 128 Å². The highest BCUT2D eigenvalue weighted by Gasteiger charge is 2.22. The molecule has 1 fully saturated rings. The number of nitrogens with one attached hydrogen (secondary N) is 2. The third-order valence-electron chi connectivity index (χ3n) is 4.05. The smallest absolute Gasteiger partial charge is 0.270 e. The Balaban J connectivity index is 1.87. The molecule has 6 nitrogen and oxygen atoms in total. The summed E-state index contributed by atoms with van der Waals surface area (Å²) in [6.45, 7) is 4.86. The van der Waals surface area contributed by atoms with Crippen LogP contribution in [0, 0.1) is 6.92 Å². The molecular weight excluding hydrogens is 280 g/mol. The second kappa shape index (κ2) is 5.88. The number of rotatable bonds is 2. The lowest BCUT2D eigenvalue weighted by atomic mass is 10.0. The number of hydrogen-bond acceptors (Lipinski definition) is 4. The number of carbonyl (C=O) groups excluding carboxylic acids is 1. The largest absolute Gasteiger partial charge is 0.349 e. The van der Waals surface area contributed by atoms with Crippen LogP contribution in [0.5, 0.6) is 0 Å². The van der Waals surface area contributed by atoms with Gasteiger partial charge in [-0.25, -0.2) is 4.98 Å². The molecule has 2 N–H and O–H groups in total. The van der Waals surface area contributed by atoms with Gasteiger partial charge in [-0.2, -0.15) is 0 Å². The maximum Gasteiger partial charge on any atom is 0.270 e. The van der Waals surface area contributed by atoms with E-state index in [2.05, 4.69) is 22.5 Å². The van der Waals surface area contributed by atoms with E-state index in [9.17, 15) is 9.59 Å². The normalized spacial score (nSPS) is 21.7. The fourth-order valence-corrected chi connectivity index (χ4v) is 2.86. The van der Waals surface area contributed by atoms with Crippen molar-refractivity contribution in [3.8, 4) is 0 Å². The predicted octanol–water partition coefficient (Wildman–Crippen LogP) is 0.873. The lowest BCUT2D eigenvalue weighted by molar-refractivity contribution is 0.0923. The van der Waals surface area contributed by atoms with Gasteiger partial charge in [0, 0.05) is 24.5 Å². The fourth-order valence-electron chi connectivity index (χ4n) is 2.86. The van der Waals surface area contributed by atoms with E-state index >= 15 is 0 Å². The zero-order valence-electron chi connectivity index (χ0n) is 12.8. The molecule has 3 rings (SSSR count). The molecule has 0 bridgehead atoms. The second-order valence-corrected chi connectivity index (χ2v) is 5.96. The van der Waals surface area contributed by atoms with E-state index in [1.54, 1.807) is 12.3 Å². The summed E-state index contributed by atoms with van der Waals surface area (Å²) in [6, 6.07) is 4.13. The summed E-state index contributed by atoms with van der Waals surface area (Å²) in [5.74, 6) is -0.340. The van der Waals surface area contributed by atoms with Crippen LogP contribution in [0.25, 0.3) is 5.65 Å². The van der Waals surface area contributed by atoms with E-state index in [1.807, 2.05) is 13.0 Å². The summed E-state index contributed by atoms with van der Waals surface area (Å²) < 4.78 is 1.43. The van der Waals surface area contributed by atoms with Gasteiger partial charge in [-0.1, -0.05) is 6.07 Å². The highest BCUT2D eigenvalue weighted by Crippen LogP contribution is 2.09. The second-order valence-electron chi connectivity index (χ2n) is 5.96. The predicted molar refractivity (Wildman–Crippen MR) is 84.2 cm³/mol. The van der Waals surface area contributed by atoms with Gasteiger partial charge >= 0.3 is 0 Å². The van der Waals surface area contributed by atoms with Crippen LogP contribution in [0.4, 0.5) is 0 Å². The standard InChI is InChI=1S/C16H20N4O2/c1-10-3-4-14-18-8-13(16(22)20(14)9-10)15(21)19-12-5-6-17-11(2)7-12/h3-4,8-9,11-12,17H,5-7H2,1-2H3,(H,19,21). The fraction of sp³-hybridized carbons (Fsp3) is 0.438. The van der Waals surface area contributed by atoms with E-state index in [4.69, 9.17) is 0 Å². The van der Waals surface area contributed by atoms with Crippen molar-refractivity contribution in [1.29, 1.82) is 0 Å². The number of fused-ring (bicyclic) bond motifs is 1. The summed E-state index contributed by atoms with van der Waals surface area (Å²) in [5, 5.41) is 6.29. The Bertz CT molecular complexity index is 768. The summed E-state index contributed by atoms with van der Waals surface area (Å²) in [5.41, 5.74) is 1.26. The van der Waals surface area contributed by atoms with Gasteiger partial charge in [0.1, 0.15) is 11.2 Å². The molecule has 0 aromatic carbocycles. The summed E-state index contributed by atoms with van der Waals surface area (Å²) in [6.07, 6.45) is 4.81. The van der Waals surface area contributed by atoms with Crippen LogP contribution >= 0.6 is 0 Å². The van der Waals surface area contributed by atoms with Crippen molar-refractivity contribution in [3.05, 3.63) is 46.0 Å². The maximum atomic E-state index is 12.5. The minimum absolute atomic E-state index is 0.0919. The molecule has 2 aromatic rings. The minimum Gasteiger partial charge on any atom is -0.349 e. The molecule has 1 aliphatic heterocycles. The molecule has 1 amide bonds. The number of carbonyl (C=O) groups is 1. The van der Waals surface area contributed by atoms with Crippen molar-refractivity contribution < 1.29 is 4.79 Å². The van der Waals surface area contributed by atoms with Crippen molar-refractivity contribution in [1.82, 2.24) is 20.0 Å². The van der Waals surface area contributed by atoms with Crippen LogP contribution in [0.3, 0.4) is 0 Å². The van der Waals surface area contributed by atoms with Gasteiger partial charge in [0.25, 0.3) is 11.5 Å². The van der Waals surface area contributed by atoms with Crippen LogP contribution in [0.2, 0.25) is 0 Å². The van der Waals surface area contributed by atoms with Crippen LogP contribution < -0.4 is 16.2 Å². The first-order chi connectivity index (χ1) is 10.5. The molecule has 22 heavy (non-hydrogen) atoms. The number of aryl methyl sites for hydroxylation is 1. The van der Waals surface area contributed by atoms with Crippen LogP contribution in [-0.4, -0.2) is 33.9 Å². The molecule has 116 valence electrons. The van der Waals surface area contributed by atoms with Crippen molar-refractivity contribution in [3.63, 3.8) is 0 Å². The zero-order chi connectivity index (χ0) is 15.7. The van der Waals surface area contributed by atoms with Crippen LogP contribution in [0.1, 0.15) is 35.7 Å². The van der Waals surface area contributed by atoms with E-state index in [0.717, 1.165) is 24.9 Å². The van der Waals surface area contributed by atoms with Gasteiger partial charge in [0.05, 0.1) is 0 Å². The molecule has 2 aromatic heterocycles. The molecule has 0 saturated carbocycles. The van der Waals surface area contributed by atoms with Gasteiger partial charge in [0.2, 0.25) is 0 Å². The first kappa shape index (κ1) is 14.7. The number of nitrogens with zero attached hydrogens (tertiary/aromatic N) is 2. The van der Waals surface area contributed by atoms with Gasteiger partial charge < -0.3 is 10.6 Å². The van der Waals surface area contributed by atoms with Gasteiger partial charge in [-0.3, -0.25) is 14.0 Å². The van der Waals surface area contributed by atoms with Crippen LogP contribution in [0.15, 0.2) is 29.3 Å². The molecule has 0 radical (unpaired) electrons. The topological polar surface area (TPSA) is 75.5 Å². The highest BCUT2D eigenvalue weighted by atomic mass is 16.2. The molecule has 1 saturated heterocycles. The number of pyridine rings is 1. The van der Waals surface area contributed by atoms with Gasteiger partial charge in [-0.05, 0) is 44.9 Å². The summed E-state index contributed by atoms with van der Waals surface area (Å²) in [4.78, 5) is 29.1. The van der Waals surface area contributed by atoms with Crippen LogP contribution in [-0.2, 0) is 0 Å². The molecule has 2 atom stereocenters. The van der Waals surface area contributed by atoms with E-state index in [-0.39, 0.29) is 23.1 Å². The van der Waals surface area contributed by atoms with Crippen molar-refractivity contribution in [2.24, 2.45) is 0 Å². The number of aromatic nitrogens is 2. The SMILES string of the molecule is Cc1ccc2ncc(C(=O)NC3CCNC(C)C3)c(=O)n2c1. The Morgan fingerprint density at radius 1 is 1.45 bits per heavy atom. The minimum atomic E-state index is -0.340. The summed E-state index contributed by atoms with van der Waals surface area (Å²) in [7, 11) is 0. The monoisotopic (exact) mass is 300 g/mol. The molecule has 6 heteroatoms. The Hall–Kier alpha value is -2.21. The van der Waals surface area contributed by atoms with Crippen molar-refractivity contribution >= 4 is 11.6 Å². The van der Waals surface area contributed by atoms with Gasteiger partial charge in [-0.15, -0.1) is 0 Å². The van der Waals surface area contributed by atoms with E-state index in [0.29, 0.717) is 11.7 Å².